The summed E-state index contributed by atoms with van der Waals surface area (Å²) in [7, 11) is 1.59. The molecule has 0 aliphatic heterocycles. The highest BCUT2D eigenvalue weighted by atomic mass is 79.9. The summed E-state index contributed by atoms with van der Waals surface area (Å²) >= 11 is 3.47. The standard InChI is InChI=1S/C12H16BrNO2/c1-3-10(13)8-14-12(15)9-5-4-6-11(7-9)16-2/h4-7,10H,3,8H2,1-2H3,(H,14,15). The summed E-state index contributed by atoms with van der Waals surface area (Å²) in [6.07, 6.45) is 0.985. The summed E-state index contributed by atoms with van der Waals surface area (Å²) in [5, 5.41) is 2.86. The van der Waals surface area contributed by atoms with Gasteiger partial charge in [-0.25, -0.2) is 0 Å². The van der Waals surface area contributed by atoms with E-state index >= 15 is 0 Å². The van der Waals surface area contributed by atoms with Crippen LogP contribution in [0.3, 0.4) is 0 Å². The van der Waals surface area contributed by atoms with Gasteiger partial charge in [0, 0.05) is 16.9 Å². The molecule has 4 heteroatoms. The minimum atomic E-state index is -0.0724. The predicted octanol–water partition coefficient (Wildman–Crippen LogP) is 2.60. The molecule has 0 bridgehead atoms. The summed E-state index contributed by atoms with van der Waals surface area (Å²) in [6.45, 7) is 2.70. The molecule has 1 rings (SSSR count). The predicted molar refractivity (Wildman–Crippen MR) is 68.3 cm³/mol. The van der Waals surface area contributed by atoms with Crippen LogP contribution in [-0.2, 0) is 0 Å². The fourth-order valence-electron chi connectivity index (χ4n) is 1.21. The molecule has 0 saturated carbocycles. The molecule has 0 aliphatic carbocycles. The molecule has 0 aromatic heterocycles. The van der Waals surface area contributed by atoms with Crippen molar-refractivity contribution in [2.24, 2.45) is 0 Å². The van der Waals surface area contributed by atoms with E-state index in [1.54, 1.807) is 25.3 Å². The van der Waals surface area contributed by atoms with Crippen LogP contribution < -0.4 is 10.1 Å². The smallest absolute Gasteiger partial charge is 0.251 e. The minimum Gasteiger partial charge on any atom is -0.497 e. The van der Waals surface area contributed by atoms with Gasteiger partial charge < -0.3 is 10.1 Å². The Kier molecular flexibility index (Phi) is 5.32. The highest BCUT2D eigenvalue weighted by molar-refractivity contribution is 9.09. The van der Waals surface area contributed by atoms with Crippen molar-refractivity contribution in [2.45, 2.75) is 18.2 Å². The molecule has 1 aromatic rings. The third-order valence-corrected chi connectivity index (χ3v) is 3.23. The van der Waals surface area contributed by atoms with Gasteiger partial charge in [0.15, 0.2) is 0 Å². The highest BCUT2D eigenvalue weighted by Crippen LogP contribution is 2.12. The number of hydrogen-bond donors (Lipinski definition) is 1. The zero-order valence-electron chi connectivity index (χ0n) is 9.50. The Morgan fingerprint density at radius 2 is 2.31 bits per heavy atom. The van der Waals surface area contributed by atoms with Crippen molar-refractivity contribution in [3.63, 3.8) is 0 Å². The summed E-state index contributed by atoms with van der Waals surface area (Å²) in [5.41, 5.74) is 0.621. The number of alkyl halides is 1. The van der Waals surface area contributed by atoms with E-state index in [9.17, 15) is 4.79 Å². The Bertz CT molecular complexity index is 355. The fourth-order valence-corrected chi connectivity index (χ4v) is 1.38. The first-order valence-electron chi connectivity index (χ1n) is 5.23. The van der Waals surface area contributed by atoms with Crippen molar-refractivity contribution in [1.29, 1.82) is 0 Å². The lowest BCUT2D eigenvalue weighted by Crippen LogP contribution is -2.29. The molecule has 1 amide bonds. The van der Waals surface area contributed by atoms with Crippen LogP contribution in [0.4, 0.5) is 0 Å². The highest BCUT2D eigenvalue weighted by Gasteiger charge is 2.08. The van der Waals surface area contributed by atoms with Crippen LogP contribution in [0.1, 0.15) is 23.7 Å². The number of ether oxygens (including phenoxy) is 1. The fraction of sp³-hybridized carbons (Fsp3) is 0.417. The SMILES string of the molecule is CCC(Br)CNC(=O)c1cccc(OC)c1. The van der Waals surface area contributed by atoms with Gasteiger partial charge in [-0.05, 0) is 24.6 Å². The Morgan fingerprint density at radius 3 is 2.94 bits per heavy atom. The average molecular weight is 286 g/mol. The van der Waals surface area contributed by atoms with Crippen LogP contribution >= 0.6 is 15.9 Å². The van der Waals surface area contributed by atoms with Gasteiger partial charge >= 0.3 is 0 Å². The molecular formula is C12H16BrNO2. The van der Waals surface area contributed by atoms with E-state index in [1.165, 1.54) is 0 Å². The molecule has 0 radical (unpaired) electrons. The maximum atomic E-state index is 11.7. The monoisotopic (exact) mass is 285 g/mol. The first-order valence-corrected chi connectivity index (χ1v) is 6.15. The summed E-state index contributed by atoms with van der Waals surface area (Å²) in [4.78, 5) is 12.1. The molecule has 1 unspecified atom stereocenters. The molecule has 16 heavy (non-hydrogen) atoms. The minimum absolute atomic E-state index is 0.0724. The molecular weight excluding hydrogens is 270 g/mol. The Morgan fingerprint density at radius 1 is 1.56 bits per heavy atom. The molecule has 0 spiro atoms. The van der Waals surface area contributed by atoms with Crippen molar-refractivity contribution in [3.8, 4) is 5.75 Å². The van der Waals surface area contributed by atoms with Gasteiger partial charge in [-0.15, -0.1) is 0 Å². The van der Waals surface area contributed by atoms with Gasteiger partial charge in [-0.2, -0.15) is 0 Å². The van der Waals surface area contributed by atoms with E-state index < -0.39 is 0 Å². The van der Waals surface area contributed by atoms with Crippen LogP contribution in [0.2, 0.25) is 0 Å². The Labute approximate surface area is 104 Å². The van der Waals surface area contributed by atoms with E-state index in [4.69, 9.17) is 4.74 Å². The van der Waals surface area contributed by atoms with Crippen LogP contribution in [0.5, 0.6) is 5.75 Å². The van der Waals surface area contributed by atoms with Gasteiger partial charge in [0.25, 0.3) is 5.91 Å². The maximum absolute atomic E-state index is 11.7. The second-order valence-corrected chi connectivity index (χ2v) is 4.74. The molecule has 0 heterocycles. The van der Waals surface area contributed by atoms with Crippen molar-refractivity contribution in [1.82, 2.24) is 5.32 Å². The molecule has 0 saturated heterocycles. The number of methoxy groups -OCH3 is 1. The molecule has 1 atom stereocenters. The van der Waals surface area contributed by atoms with Crippen molar-refractivity contribution >= 4 is 21.8 Å². The first-order chi connectivity index (χ1) is 7.67. The van der Waals surface area contributed by atoms with Gasteiger partial charge in [0.2, 0.25) is 0 Å². The number of halogens is 1. The van der Waals surface area contributed by atoms with Gasteiger partial charge in [0.1, 0.15) is 5.75 Å². The van der Waals surface area contributed by atoms with E-state index in [1.807, 2.05) is 6.07 Å². The third-order valence-electron chi connectivity index (χ3n) is 2.26. The van der Waals surface area contributed by atoms with Crippen LogP contribution in [0.15, 0.2) is 24.3 Å². The molecule has 88 valence electrons. The van der Waals surface area contributed by atoms with E-state index in [2.05, 4.69) is 28.2 Å². The Balaban J connectivity index is 2.58. The molecule has 0 aliphatic rings. The van der Waals surface area contributed by atoms with E-state index in [-0.39, 0.29) is 5.91 Å². The zero-order valence-corrected chi connectivity index (χ0v) is 11.1. The lowest BCUT2D eigenvalue weighted by molar-refractivity contribution is 0.0953. The first kappa shape index (κ1) is 13.0. The topological polar surface area (TPSA) is 38.3 Å². The van der Waals surface area contributed by atoms with Crippen LogP contribution in [-0.4, -0.2) is 24.4 Å². The number of hydrogen-bond acceptors (Lipinski definition) is 2. The largest absolute Gasteiger partial charge is 0.497 e. The number of carbonyl (C=O) groups excluding carboxylic acids is 1. The quantitative estimate of drug-likeness (QED) is 0.845. The van der Waals surface area contributed by atoms with Crippen molar-refractivity contribution in [2.75, 3.05) is 13.7 Å². The number of carbonyl (C=O) groups is 1. The van der Waals surface area contributed by atoms with E-state index in [0.29, 0.717) is 22.7 Å². The molecule has 3 nitrogen and oxygen atoms in total. The van der Waals surface area contributed by atoms with Crippen LogP contribution in [0, 0.1) is 0 Å². The van der Waals surface area contributed by atoms with Crippen molar-refractivity contribution < 1.29 is 9.53 Å². The summed E-state index contributed by atoms with van der Waals surface area (Å²) in [6, 6.07) is 7.12. The number of benzene rings is 1. The van der Waals surface area contributed by atoms with Crippen molar-refractivity contribution in [3.05, 3.63) is 29.8 Å². The lowest BCUT2D eigenvalue weighted by atomic mass is 10.2. The normalized spacial score (nSPS) is 11.9. The molecule has 1 aromatic carbocycles. The maximum Gasteiger partial charge on any atom is 0.251 e. The summed E-state index contributed by atoms with van der Waals surface area (Å²) in [5.74, 6) is 0.621. The number of amides is 1. The van der Waals surface area contributed by atoms with E-state index in [0.717, 1.165) is 6.42 Å². The number of nitrogens with one attached hydrogen (secondary N) is 1. The zero-order chi connectivity index (χ0) is 12.0. The Hall–Kier alpha value is -1.03. The summed E-state index contributed by atoms with van der Waals surface area (Å²) < 4.78 is 5.06. The second-order valence-electron chi connectivity index (χ2n) is 3.45. The van der Waals surface area contributed by atoms with Crippen LogP contribution in [0.25, 0.3) is 0 Å². The van der Waals surface area contributed by atoms with Gasteiger partial charge in [-0.3, -0.25) is 4.79 Å². The molecule has 1 N–H and O–H groups in total. The average Bonchev–Trinajstić information content (AvgIpc) is 2.35. The number of rotatable bonds is 5. The van der Waals surface area contributed by atoms with Gasteiger partial charge in [-0.1, -0.05) is 28.9 Å². The lowest BCUT2D eigenvalue weighted by Gasteiger charge is -2.09. The third kappa shape index (κ3) is 3.85. The van der Waals surface area contributed by atoms with Gasteiger partial charge in [0.05, 0.1) is 7.11 Å². The second kappa shape index (κ2) is 6.53. The molecule has 0 fully saturated rings.